The molecule has 0 saturated heterocycles. The van der Waals surface area contributed by atoms with Gasteiger partial charge in [0.05, 0.1) is 5.16 Å². The Morgan fingerprint density at radius 1 is 1.67 bits per heavy atom. The normalized spacial score (nSPS) is 14.4. The molecule has 2 nitrogen and oxygen atoms in total. The van der Waals surface area contributed by atoms with E-state index >= 15 is 0 Å². The average molecular weight is 146 g/mol. The van der Waals surface area contributed by atoms with Gasteiger partial charge in [-0.15, -0.1) is 6.42 Å². The maximum absolute atomic E-state index is 10.9. The summed E-state index contributed by atoms with van der Waals surface area (Å²) in [5.41, 5.74) is 0. The smallest absolute Gasteiger partial charge is 0.208 e. The van der Waals surface area contributed by atoms with Crippen LogP contribution in [0.5, 0.6) is 0 Å². The third kappa shape index (κ3) is 2.22. The van der Waals surface area contributed by atoms with Crippen molar-refractivity contribution in [3.63, 3.8) is 0 Å². The zero-order valence-electron chi connectivity index (χ0n) is 5.89. The Kier molecular flexibility index (Phi) is 2.97. The summed E-state index contributed by atoms with van der Waals surface area (Å²) >= 11 is 0. The van der Waals surface area contributed by atoms with Crippen LogP contribution in [0.25, 0.3) is 0 Å². The maximum Gasteiger partial charge on any atom is 0.208 e. The van der Waals surface area contributed by atoms with Gasteiger partial charge >= 0.3 is 0 Å². The molecular formula is C6H11O2P. The van der Waals surface area contributed by atoms with Gasteiger partial charge < -0.3 is 4.52 Å². The average Bonchev–Trinajstić information content (AvgIpc) is 1.86. The van der Waals surface area contributed by atoms with E-state index in [0.717, 1.165) is 0 Å². The molecule has 52 valence electrons. The first-order valence-electron chi connectivity index (χ1n) is 2.61. The topological polar surface area (TPSA) is 26.3 Å². The number of hydrogen-bond acceptors (Lipinski definition) is 2. The molecule has 0 spiro atoms. The highest BCUT2D eigenvalue weighted by Gasteiger charge is 2.21. The second kappa shape index (κ2) is 3.06. The van der Waals surface area contributed by atoms with Crippen LogP contribution in [0.1, 0.15) is 13.8 Å². The molecule has 0 aromatic carbocycles. The van der Waals surface area contributed by atoms with E-state index in [-0.39, 0.29) is 0 Å². The minimum Gasteiger partial charge on any atom is -0.333 e. The standard InChI is InChI=1S/C6H11O2P/c1-5-6(2,3)9(7)8-4/h1,9H,2-4H3. The van der Waals surface area contributed by atoms with E-state index in [1.165, 1.54) is 7.11 Å². The predicted octanol–water partition coefficient (Wildman–Crippen LogP) is 1.52. The molecule has 0 radical (unpaired) electrons. The van der Waals surface area contributed by atoms with Crippen LogP contribution < -0.4 is 0 Å². The molecule has 0 bridgehead atoms. The van der Waals surface area contributed by atoms with Crippen molar-refractivity contribution in [2.75, 3.05) is 7.11 Å². The van der Waals surface area contributed by atoms with Gasteiger partial charge in [0.15, 0.2) is 0 Å². The van der Waals surface area contributed by atoms with Crippen LogP contribution in [0.15, 0.2) is 0 Å². The molecule has 0 rings (SSSR count). The number of hydrogen-bond donors (Lipinski definition) is 0. The molecule has 3 heteroatoms. The monoisotopic (exact) mass is 146 g/mol. The molecular weight excluding hydrogens is 135 g/mol. The lowest BCUT2D eigenvalue weighted by Crippen LogP contribution is -2.10. The van der Waals surface area contributed by atoms with E-state index < -0.39 is 13.2 Å². The van der Waals surface area contributed by atoms with Gasteiger partial charge in [-0.1, -0.05) is 5.92 Å². The first-order chi connectivity index (χ1) is 4.04. The van der Waals surface area contributed by atoms with Crippen molar-refractivity contribution >= 4 is 8.03 Å². The molecule has 0 aliphatic carbocycles. The highest BCUT2D eigenvalue weighted by atomic mass is 31.1. The quantitative estimate of drug-likeness (QED) is 0.436. The third-order valence-corrected chi connectivity index (χ3v) is 2.59. The Labute approximate surface area is 56.5 Å². The molecule has 9 heavy (non-hydrogen) atoms. The SMILES string of the molecule is C#CC(C)(C)[PH](=O)OC. The molecule has 1 atom stereocenters. The fourth-order valence-corrected chi connectivity index (χ4v) is 0.942. The molecule has 0 fully saturated rings. The lowest BCUT2D eigenvalue weighted by molar-refractivity contribution is 0.401. The van der Waals surface area contributed by atoms with Gasteiger partial charge in [-0.25, -0.2) is 0 Å². The fraction of sp³-hybridized carbons (Fsp3) is 0.667. The van der Waals surface area contributed by atoms with E-state index in [4.69, 9.17) is 6.42 Å². The van der Waals surface area contributed by atoms with E-state index in [1.54, 1.807) is 13.8 Å². The summed E-state index contributed by atoms with van der Waals surface area (Å²) < 4.78 is 15.5. The van der Waals surface area contributed by atoms with E-state index in [1.807, 2.05) is 0 Å². The summed E-state index contributed by atoms with van der Waals surface area (Å²) in [6.07, 6.45) is 5.08. The van der Waals surface area contributed by atoms with Crippen molar-refractivity contribution in [1.82, 2.24) is 0 Å². The molecule has 0 aliphatic heterocycles. The van der Waals surface area contributed by atoms with Crippen LogP contribution in [0.3, 0.4) is 0 Å². The molecule has 0 heterocycles. The van der Waals surface area contributed by atoms with E-state index in [0.29, 0.717) is 0 Å². The summed E-state index contributed by atoms with van der Waals surface area (Å²) in [7, 11) is -0.639. The van der Waals surface area contributed by atoms with Gasteiger partial charge in [0.1, 0.15) is 0 Å². The van der Waals surface area contributed by atoms with Gasteiger partial charge in [-0.2, -0.15) is 0 Å². The van der Waals surface area contributed by atoms with Gasteiger partial charge in [0.2, 0.25) is 8.03 Å². The van der Waals surface area contributed by atoms with Crippen molar-refractivity contribution in [2.45, 2.75) is 19.0 Å². The second-order valence-corrected chi connectivity index (χ2v) is 4.49. The minimum atomic E-state index is -2.04. The fourth-order valence-electron chi connectivity index (χ4n) is 0.314. The minimum absolute atomic E-state index is 0.598. The van der Waals surface area contributed by atoms with Crippen molar-refractivity contribution in [3.8, 4) is 12.3 Å². The zero-order valence-corrected chi connectivity index (χ0v) is 6.89. The number of rotatable bonds is 2. The Morgan fingerprint density at radius 2 is 2.11 bits per heavy atom. The lowest BCUT2D eigenvalue weighted by atomic mass is 10.2. The summed E-state index contributed by atoms with van der Waals surface area (Å²) in [5.74, 6) is 2.40. The first-order valence-corrected chi connectivity index (χ1v) is 3.92. The highest BCUT2D eigenvalue weighted by Crippen LogP contribution is 2.37. The maximum atomic E-state index is 10.9. The number of terminal acetylenes is 1. The van der Waals surface area contributed by atoms with Crippen molar-refractivity contribution in [2.24, 2.45) is 0 Å². The van der Waals surface area contributed by atoms with E-state index in [2.05, 4.69) is 10.4 Å². The second-order valence-electron chi connectivity index (χ2n) is 2.26. The van der Waals surface area contributed by atoms with Gasteiger partial charge in [0.25, 0.3) is 0 Å². The van der Waals surface area contributed by atoms with Gasteiger partial charge in [-0.3, -0.25) is 4.57 Å². The van der Waals surface area contributed by atoms with Crippen LogP contribution in [-0.4, -0.2) is 12.3 Å². The summed E-state index contributed by atoms with van der Waals surface area (Å²) in [6, 6.07) is 0. The Hall–Kier alpha value is -0.250. The van der Waals surface area contributed by atoms with Gasteiger partial charge in [0, 0.05) is 7.11 Å². The largest absolute Gasteiger partial charge is 0.333 e. The molecule has 0 saturated carbocycles. The van der Waals surface area contributed by atoms with Gasteiger partial charge in [-0.05, 0) is 13.8 Å². The molecule has 0 N–H and O–H groups in total. The Bertz CT molecular complexity index is 155. The summed E-state index contributed by atoms with van der Waals surface area (Å²) in [4.78, 5) is 0. The molecule has 0 aliphatic rings. The highest BCUT2D eigenvalue weighted by molar-refractivity contribution is 7.41. The van der Waals surface area contributed by atoms with Crippen LogP contribution in [0.2, 0.25) is 0 Å². The van der Waals surface area contributed by atoms with Crippen LogP contribution in [0, 0.1) is 12.3 Å². The van der Waals surface area contributed by atoms with Crippen molar-refractivity contribution < 1.29 is 9.09 Å². The summed E-state index contributed by atoms with van der Waals surface area (Å²) in [6.45, 7) is 3.44. The lowest BCUT2D eigenvalue weighted by Gasteiger charge is -2.14. The predicted molar refractivity (Wildman–Crippen MR) is 38.9 cm³/mol. The Balaban J connectivity index is 4.19. The van der Waals surface area contributed by atoms with Crippen LogP contribution in [0.4, 0.5) is 0 Å². The summed E-state index contributed by atoms with van der Waals surface area (Å²) in [5, 5.41) is -0.598. The third-order valence-electron chi connectivity index (χ3n) is 1.06. The zero-order chi connectivity index (χ0) is 7.49. The molecule has 0 aromatic rings. The molecule has 0 amide bonds. The van der Waals surface area contributed by atoms with Crippen LogP contribution >= 0.6 is 8.03 Å². The van der Waals surface area contributed by atoms with Crippen LogP contribution in [-0.2, 0) is 9.09 Å². The van der Waals surface area contributed by atoms with Crippen molar-refractivity contribution in [3.05, 3.63) is 0 Å². The van der Waals surface area contributed by atoms with E-state index in [9.17, 15) is 4.57 Å². The first kappa shape index (κ1) is 8.75. The Morgan fingerprint density at radius 3 is 2.22 bits per heavy atom. The molecule has 0 aromatic heterocycles. The van der Waals surface area contributed by atoms with Crippen molar-refractivity contribution in [1.29, 1.82) is 0 Å². The molecule has 1 unspecified atom stereocenters.